The average molecular weight is 296 g/mol. The largest absolute Gasteiger partial charge is 0.494 e. The third-order valence-electron chi connectivity index (χ3n) is 2.61. The molecule has 0 saturated carbocycles. The number of hydrogen-bond donors (Lipinski definition) is 1. The van der Waals surface area contributed by atoms with Crippen molar-refractivity contribution in [3.63, 3.8) is 0 Å². The van der Waals surface area contributed by atoms with Gasteiger partial charge in [0, 0.05) is 5.56 Å². The number of nitrogens with zero attached hydrogens (tertiary/aromatic N) is 1. The average Bonchev–Trinajstić information content (AvgIpc) is 2.42. The number of halogens is 2. The molecular formula is C14H11ClFNO3. The van der Waals surface area contributed by atoms with Gasteiger partial charge in [0.1, 0.15) is 11.3 Å². The molecule has 0 amide bonds. The Hall–Kier alpha value is -2.14. The lowest BCUT2D eigenvalue weighted by atomic mass is 10.1. The monoisotopic (exact) mass is 295 g/mol. The maximum absolute atomic E-state index is 13.5. The van der Waals surface area contributed by atoms with Gasteiger partial charge in [0.05, 0.1) is 12.3 Å². The summed E-state index contributed by atoms with van der Waals surface area (Å²) < 4.78 is 18.8. The lowest BCUT2D eigenvalue weighted by Crippen LogP contribution is -2.03. The standard InChI is InChI=1S/C14H11ClFNO3/c1-2-20-9-5-3-8(4-6-9)11-7-10(14(18)19)12(16)13(15)17-11/h3-7H,2H2,1H3,(H,18,19). The lowest BCUT2D eigenvalue weighted by molar-refractivity contribution is 0.0691. The minimum absolute atomic E-state index is 0.289. The predicted molar refractivity (Wildman–Crippen MR) is 72.8 cm³/mol. The van der Waals surface area contributed by atoms with Crippen LogP contribution < -0.4 is 4.74 Å². The molecular weight excluding hydrogens is 285 g/mol. The van der Waals surface area contributed by atoms with Crippen LogP contribution in [0.4, 0.5) is 4.39 Å². The molecule has 104 valence electrons. The first-order chi connectivity index (χ1) is 9.52. The van der Waals surface area contributed by atoms with Gasteiger partial charge >= 0.3 is 5.97 Å². The van der Waals surface area contributed by atoms with Gasteiger partial charge in [0.25, 0.3) is 0 Å². The number of benzene rings is 1. The molecule has 1 heterocycles. The molecule has 0 fully saturated rings. The topological polar surface area (TPSA) is 59.4 Å². The number of rotatable bonds is 4. The van der Waals surface area contributed by atoms with E-state index in [-0.39, 0.29) is 5.69 Å². The zero-order chi connectivity index (χ0) is 14.7. The van der Waals surface area contributed by atoms with Crippen molar-refractivity contribution >= 4 is 17.6 Å². The maximum atomic E-state index is 13.5. The fourth-order valence-electron chi connectivity index (χ4n) is 1.69. The van der Waals surface area contributed by atoms with Crippen molar-refractivity contribution in [2.75, 3.05) is 6.61 Å². The zero-order valence-corrected chi connectivity index (χ0v) is 11.3. The molecule has 0 bridgehead atoms. The van der Waals surface area contributed by atoms with Crippen LogP contribution in [0.25, 0.3) is 11.3 Å². The Labute approximate surface area is 119 Å². The SMILES string of the molecule is CCOc1ccc(-c2cc(C(=O)O)c(F)c(Cl)n2)cc1. The molecule has 1 aromatic heterocycles. The molecule has 2 aromatic rings. The smallest absolute Gasteiger partial charge is 0.338 e. The van der Waals surface area contributed by atoms with Gasteiger partial charge in [-0.3, -0.25) is 0 Å². The number of carboxylic acids is 1. The van der Waals surface area contributed by atoms with Crippen molar-refractivity contribution < 1.29 is 19.0 Å². The van der Waals surface area contributed by atoms with Crippen LogP contribution in [0.1, 0.15) is 17.3 Å². The molecule has 4 nitrogen and oxygen atoms in total. The van der Waals surface area contributed by atoms with E-state index >= 15 is 0 Å². The zero-order valence-electron chi connectivity index (χ0n) is 10.6. The summed E-state index contributed by atoms with van der Waals surface area (Å²) in [6, 6.07) is 8.00. The van der Waals surface area contributed by atoms with Crippen LogP contribution >= 0.6 is 11.6 Å². The first-order valence-electron chi connectivity index (χ1n) is 5.85. The predicted octanol–water partition coefficient (Wildman–Crippen LogP) is 3.64. The number of aromatic carboxylic acids is 1. The van der Waals surface area contributed by atoms with Crippen LogP contribution in [0.15, 0.2) is 30.3 Å². The van der Waals surface area contributed by atoms with Gasteiger partial charge in [-0.2, -0.15) is 0 Å². The second-order valence-corrected chi connectivity index (χ2v) is 4.28. The molecule has 0 aliphatic carbocycles. The molecule has 2 rings (SSSR count). The van der Waals surface area contributed by atoms with Crippen molar-refractivity contribution in [2.45, 2.75) is 6.92 Å². The van der Waals surface area contributed by atoms with Crippen LogP contribution in [-0.2, 0) is 0 Å². The Balaban J connectivity index is 2.44. The van der Waals surface area contributed by atoms with E-state index in [0.717, 1.165) is 6.07 Å². The Bertz CT molecular complexity index is 644. The van der Waals surface area contributed by atoms with E-state index in [2.05, 4.69) is 4.98 Å². The second-order valence-electron chi connectivity index (χ2n) is 3.92. The van der Waals surface area contributed by atoms with Crippen LogP contribution in [0.3, 0.4) is 0 Å². The molecule has 0 aliphatic rings. The summed E-state index contributed by atoms with van der Waals surface area (Å²) in [7, 11) is 0. The van der Waals surface area contributed by atoms with Crippen molar-refractivity contribution in [1.82, 2.24) is 4.98 Å². The summed E-state index contributed by atoms with van der Waals surface area (Å²) in [5, 5.41) is 8.47. The van der Waals surface area contributed by atoms with Crippen LogP contribution in [0.2, 0.25) is 5.15 Å². The molecule has 0 unspecified atom stereocenters. The number of carboxylic acid groups (broad SMARTS) is 1. The molecule has 6 heteroatoms. The minimum atomic E-state index is -1.39. The minimum Gasteiger partial charge on any atom is -0.494 e. The number of pyridine rings is 1. The summed E-state index contributed by atoms with van der Waals surface area (Å²) in [5.41, 5.74) is 0.406. The molecule has 0 aliphatic heterocycles. The van der Waals surface area contributed by atoms with Crippen LogP contribution in [0.5, 0.6) is 5.75 Å². The first kappa shape index (κ1) is 14.3. The number of hydrogen-bond acceptors (Lipinski definition) is 3. The van der Waals surface area contributed by atoms with E-state index in [0.29, 0.717) is 17.9 Å². The third kappa shape index (κ3) is 2.88. The molecule has 0 spiro atoms. The highest BCUT2D eigenvalue weighted by molar-refractivity contribution is 6.30. The molecule has 0 saturated heterocycles. The van der Waals surface area contributed by atoms with E-state index in [1.54, 1.807) is 24.3 Å². The van der Waals surface area contributed by atoms with Crippen molar-refractivity contribution in [2.24, 2.45) is 0 Å². The molecule has 0 radical (unpaired) electrons. The summed E-state index contributed by atoms with van der Waals surface area (Å²) in [6.45, 7) is 2.41. The summed E-state index contributed by atoms with van der Waals surface area (Å²) in [5.74, 6) is -1.74. The highest BCUT2D eigenvalue weighted by atomic mass is 35.5. The highest BCUT2D eigenvalue weighted by Gasteiger charge is 2.17. The summed E-state index contributed by atoms with van der Waals surface area (Å²) in [4.78, 5) is 14.8. The van der Waals surface area contributed by atoms with Gasteiger partial charge in [-0.15, -0.1) is 0 Å². The molecule has 20 heavy (non-hydrogen) atoms. The van der Waals surface area contributed by atoms with E-state index < -0.39 is 22.5 Å². The maximum Gasteiger partial charge on any atom is 0.338 e. The van der Waals surface area contributed by atoms with E-state index in [4.69, 9.17) is 21.4 Å². The van der Waals surface area contributed by atoms with E-state index in [1.807, 2.05) is 6.92 Å². The molecule has 0 atom stereocenters. The normalized spacial score (nSPS) is 10.3. The van der Waals surface area contributed by atoms with Gasteiger partial charge in [-0.25, -0.2) is 14.2 Å². The fourth-order valence-corrected chi connectivity index (χ4v) is 1.88. The third-order valence-corrected chi connectivity index (χ3v) is 2.86. The van der Waals surface area contributed by atoms with Crippen LogP contribution in [-0.4, -0.2) is 22.7 Å². The Kier molecular flexibility index (Phi) is 4.20. The quantitative estimate of drug-likeness (QED) is 0.875. The lowest BCUT2D eigenvalue weighted by Gasteiger charge is -2.07. The number of ether oxygens (including phenoxy) is 1. The summed E-state index contributed by atoms with van der Waals surface area (Å²) >= 11 is 5.62. The Morgan fingerprint density at radius 1 is 1.40 bits per heavy atom. The molecule has 1 aromatic carbocycles. The van der Waals surface area contributed by atoms with Gasteiger partial charge in [-0.1, -0.05) is 11.6 Å². The number of carbonyl (C=O) groups is 1. The Morgan fingerprint density at radius 2 is 2.05 bits per heavy atom. The summed E-state index contributed by atoms with van der Waals surface area (Å²) in [6.07, 6.45) is 0. The highest BCUT2D eigenvalue weighted by Crippen LogP contribution is 2.26. The van der Waals surface area contributed by atoms with Crippen molar-refractivity contribution in [3.8, 4) is 17.0 Å². The van der Waals surface area contributed by atoms with Crippen LogP contribution in [0, 0.1) is 5.82 Å². The van der Waals surface area contributed by atoms with Gasteiger partial charge < -0.3 is 9.84 Å². The van der Waals surface area contributed by atoms with E-state index in [9.17, 15) is 9.18 Å². The number of aromatic nitrogens is 1. The fraction of sp³-hybridized carbons (Fsp3) is 0.143. The Morgan fingerprint density at radius 3 is 2.60 bits per heavy atom. The van der Waals surface area contributed by atoms with Gasteiger partial charge in [0.15, 0.2) is 11.0 Å². The second kappa shape index (κ2) is 5.88. The van der Waals surface area contributed by atoms with Gasteiger partial charge in [0.2, 0.25) is 0 Å². The van der Waals surface area contributed by atoms with Crippen molar-refractivity contribution in [1.29, 1.82) is 0 Å². The van der Waals surface area contributed by atoms with Crippen molar-refractivity contribution in [3.05, 3.63) is 46.9 Å². The van der Waals surface area contributed by atoms with E-state index in [1.165, 1.54) is 0 Å². The molecule has 1 N–H and O–H groups in total. The first-order valence-corrected chi connectivity index (χ1v) is 6.23. The van der Waals surface area contributed by atoms with Gasteiger partial charge in [-0.05, 0) is 37.3 Å².